The summed E-state index contributed by atoms with van der Waals surface area (Å²) in [6.45, 7) is 8.81. The molecule has 1 saturated heterocycles. The van der Waals surface area contributed by atoms with Crippen LogP contribution < -0.4 is 10.0 Å². The quantitative estimate of drug-likeness (QED) is 0.141. The van der Waals surface area contributed by atoms with Crippen molar-refractivity contribution in [3.8, 4) is 0 Å². The average Bonchev–Trinajstić information content (AvgIpc) is 3.20. The van der Waals surface area contributed by atoms with Gasteiger partial charge < -0.3 is 14.8 Å². The van der Waals surface area contributed by atoms with Crippen LogP contribution >= 0.6 is 0 Å². The molecule has 208 valence electrons. The van der Waals surface area contributed by atoms with Crippen molar-refractivity contribution in [2.45, 2.75) is 142 Å². The third kappa shape index (κ3) is 17.4. The van der Waals surface area contributed by atoms with Gasteiger partial charge in [-0.2, -0.15) is 0 Å². The number of carbonyl (C=O) groups excluding carboxylic acids is 1. The first-order valence-electron chi connectivity index (χ1n) is 14.3. The Bertz CT molecular complexity index is 641. The van der Waals surface area contributed by atoms with Gasteiger partial charge in [-0.25, -0.2) is 13.1 Å². The number of nitrogens with one attached hydrogen (secondary N) is 2. The van der Waals surface area contributed by atoms with Gasteiger partial charge in [-0.3, -0.25) is 4.79 Å². The smallest absolute Gasteiger partial charge is 0.304 e. The molecule has 0 aromatic carbocycles. The van der Waals surface area contributed by atoms with E-state index < -0.39 is 16.3 Å². The number of ether oxygens (including phenoxy) is 2. The van der Waals surface area contributed by atoms with Gasteiger partial charge in [-0.15, -0.1) is 0 Å². The predicted molar refractivity (Wildman–Crippen MR) is 144 cm³/mol. The Morgan fingerprint density at radius 1 is 0.943 bits per heavy atom. The molecule has 0 aromatic rings. The molecule has 0 unspecified atom stereocenters. The lowest BCUT2D eigenvalue weighted by atomic mass is 10.0. The molecule has 7 nitrogen and oxygen atoms in total. The molecule has 1 rings (SSSR count). The fraction of sp³-hybridized carbons (Fsp3) is 0.963. The van der Waals surface area contributed by atoms with Gasteiger partial charge in [-0.05, 0) is 25.2 Å². The van der Waals surface area contributed by atoms with Gasteiger partial charge in [0.1, 0.15) is 0 Å². The standard InChI is InChI=1S/C27H54N2O5S/c1-5-6-7-8-9-10-11-12-13-14-15-16-17-20-35(31,32)29-25(21-23(2)3)22-28-26-18-19-33-27(26)34-24(4)30/h23,25-29H,5-22H2,1-4H3/t25-,26+,27+/m1/s1. The van der Waals surface area contributed by atoms with Crippen molar-refractivity contribution in [2.24, 2.45) is 5.92 Å². The number of esters is 1. The molecular formula is C27H54N2O5S. The molecule has 0 radical (unpaired) electrons. The second-order valence-electron chi connectivity index (χ2n) is 10.7. The molecule has 1 heterocycles. The molecule has 0 aliphatic carbocycles. The third-order valence-corrected chi connectivity index (χ3v) is 8.09. The molecule has 0 spiro atoms. The minimum atomic E-state index is -3.33. The second kappa shape index (κ2) is 19.4. The fourth-order valence-electron chi connectivity index (χ4n) is 4.70. The van der Waals surface area contributed by atoms with E-state index in [4.69, 9.17) is 9.47 Å². The first-order chi connectivity index (χ1) is 16.7. The van der Waals surface area contributed by atoms with E-state index in [0.717, 1.165) is 25.7 Å². The van der Waals surface area contributed by atoms with E-state index in [1.54, 1.807) is 0 Å². The van der Waals surface area contributed by atoms with E-state index in [0.29, 0.717) is 25.5 Å². The first kappa shape index (κ1) is 32.3. The molecule has 2 N–H and O–H groups in total. The summed E-state index contributed by atoms with van der Waals surface area (Å²) >= 11 is 0. The molecule has 1 aliphatic heterocycles. The van der Waals surface area contributed by atoms with E-state index in [-0.39, 0.29) is 23.8 Å². The van der Waals surface area contributed by atoms with Gasteiger partial charge in [0, 0.05) is 19.5 Å². The maximum Gasteiger partial charge on any atom is 0.304 e. The Hall–Kier alpha value is -0.700. The van der Waals surface area contributed by atoms with Crippen molar-refractivity contribution in [3.05, 3.63) is 0 Å². The average molecular weight is 519 g/mol. The van der Waals surface area contributed by atoms with Crippen LogP contribution in [-0.4, -0.2) is 51.7 Å². The topological polar surface area (TPSA) is 93.7 Å². The summed E-state index contributed by atoms with van der Waals surface area (Å²) in [7, 11) is -3.33. The summed E-state index contributed by atoms with van der Waals surface area (Å²) in [6.07, 6.45) is 17.0. The highest BCUT2D eigenvalue weighted by Gasteiger charge is 2.31. The predicted octanol–water partition coefficient (Wildman–Crippen LogP) is 5.68. The van der Waals surface area contributed by atoms with E-state index in [9.17, 15) is 13.2 Å². The number of unbranched alkanes of at least 4 members (excludes halogenated alkanes) is 12. The van der Waals surface area contributed by atoms with Crippen molar-refractivity contribution in [3.63, 3.8) is 0 Å². The number of sulfonamides is 1. The van der Waals surface area contributed by atoms with Gasteiger partial charge >= 0.3 is 5.97 Å². The highest BCUT2D eigenvalue weighted by atomic mass is 32.2. The zero-order valence-corrected chi connectivity index (χ0v) is 23.8. The first-order valence-corrected chi connectivity index (χ1v) is 15.9. The van der Waals surface area contributed by atoms with E-state index in [1.807, 2.05) is 0 Å². The molecule has 0 bridgehead atoms. The van der Waals surface area contributed by atoms with E-state index in [2.05, 4.69) is 30.8 Å². The zero-order valence-electron chi connectivity index (χ0n) is 23.0. The van der Waals surface area contributed by atoms with Crippen LogP contribution in [0.5, 0.6) is 0 Å². The summed E-state index contributed by atoms with van der Waals surface area (Å²) in [4.78, 5) is 11.3. The largest absolute Gasteiger partial charge is 0.434 e. The Kier molecular flexibility index (Phi) is 17.9. The molecule has 35 heavy (non-hydrogen) atoms. The van der Waals surface area contributed by atoms with Crippen LogP contribution in [0.4, 0.5) is 0 Å². The van der Waals surface area contributed by atoms with Gasteiger partial charge in [-0.1, -0.05) is 97.8 Å². The summed E-state index contributed by atoms with van der Waals surface area (Å²) in [5, 5.41) is 3.35. The van der Waals surface area contributed by atoms with Gasteiger partial charge in [0.25, 0.3) is 0 Å². The number of hydrogen-bond acceptors (Lipinski definition) is 6. The Morgan fingerprint density at radius 2 is 1.49 bits per heavy atom. The number of carbonyl (C=O) groups is 1. The highest BCUT2D eigenvalue weighted by Crippen LogP contribution is 2.16. The SMILES string of the molecule is CCCCCCCCCCCCCCCS(=O)(=O)N[C@@H](CN[C@H]1CCO[C@H]1OC(C)=O)CC(C)C. The maximum absolute atomic E-state index is 12.7. The highest BCUT2D eigenvalue weighted by molar-refractivity contribution is 7.89. The molecule has 0 saturated carbocycles. The van der Waals surface area contributed by atoms with Crippen LogP contribution in [0.25, 0.3) is 0 Å². The zero-order chi connectivity index (χ0) is 25.9. The lowest BCUT2D eigenvalue weighted by molar-refractivity contribution is -0.170. The van der Waals surface area contributed by atoms with Crippen LogP contribution in [0.2, 0.25) is 0 Å². The third-order valence-electron chi connectivity index (χ3n) is 6.57. The molecule has 3 atom stereocenters. The Balaban J connectivity index is 2.21. The molecule has 0 amide bonds. The van der Waals surface area contributed by atoms with Crippen molar-refractivity contribution >= 4 is 16.0 Å². The van der Waals surface area contributed by atoms with Gasteiger partial charge in [0.05, 0.1) is 18.4 Å². The summed E-state index contributed by atoms with van der Waals surface area (Å²) in [6, 6.07) is -0.306. The summed E-state index contributed by atoms with van der Waals surface area (Å²) in [5.74, 6) is 0.174. The van der Waals surface area contributed by atoms with Crippen LogP contribution in [0.1, 0.15) is 124 Å². The summed E-state index contributed by atoms with van der Waals surface area (Å²) < 4.78 is 39.0. The van der Waals surface area contributed by atoms with Crippen LogP contribution in [0, 0.1) is 5.92 Å². The summed E-state index contributed by atoms with van der Waals surface area (Å²) in [5.41, 5.74) is 0. The Labute approximate surface area is 215 Å². The van der Waals surface area contributed by atoms with Crippen molar-refractivity contribution in [1.82, 2.24) is 10.0 Å². The maximum atomic E-state index is 12.7. The van der Waals surface area contributed by atoms with Crippen molar-refractivity contribution in [1.29, 1.82) is 0 Å². The molecule has 0 aromatic heterocycles. The monoisotopic (exact) mass is 518 g/mol. The normalized spacial score (nSPS) is 19.3. The molecule has 1 fully saturated rings. The van der Waals surface area contributed by atoms with Gasteiger partial charge in [0.2, 0.25) is 16.3 Å². The second-order valence-corrected chi connectivity index (χ2v) is 12.5. The molecular weight excluding hydrogens is 464 g/mol. The minimum absolute atomic E-state index is 0.112. The minimum Gasteiger partial charge on any atom is -0.434 e. The molecule has 1 aliphatic rings. The van der Waals surface area contributed by atoms with E-state index >= 15 is 0 Å². The molecule has 8 heteroatoms. The van der Waals surface area contributed by atoms with Crippen LogP contribution in [-0.2, 0) is 24.3 Å². The number of hydrogen-bond donors (Lipinski definition) is 2. The fourth-order valence-corrected chi connectivity index (χ4v) is 6.09. The lowest BCUT2D eigenvalue weighted by Crippen LogP contribution is -2.48. The number of rotatable bonds is 22. The van der Waals surface area contributed by atoms with Gasteiger partial charge in [0.15, 0.2) is 0 Å². The van der Waals surface area contributed by atoms with Crippen LogP contribution in [0.3, 0.4) is 0 Å². The Morgan fingerprint density at radius 3 is 2.00 bits per heavy atom. The van der Waals surface area contributed by atoms with E-state index in [1.165, 1.54) is 71.1 Å². The lowest BCUT2D eigenvalue weighted by Gasteiger charge is -2.25. The van der Waals surface area contributed by atoms with Crippen LogP contribution in [0.15, 0.2) is 0 Å². The van der Waals surface area contributed by atoms with Crippen molar-refractivity contribution < 1.29 is 22.7 Å². The van der Waals surface area contributed by atoms with Crippen molar-refractivity contribution in [2.75, 3.05) is 18.9 Å².